The minimum absolute atomic E-state index is 0.162. The van der Waals surface area contributed by atoms with Gasteiger partial charge < -0.3 is 0 Å². The second-order valence-corrected chi connectivity index (χ2v) is 6.55. The summed E-state index contributed by atoms with van der Waals surface area (Å²) in [5, 5.41) is 1.98. The Hall–Kier alpha value is -1.39. The maximum absolute atomic E-state index is 13.3. The summed E-state index contributed by atoms with van der Waals surface area (Å²) in [5.74, 6) is -0.162. The van der Waals surface area contributed by atoms with Crippen molar-refractivity contribution >= 4 is 17.0 Å². The molecule has 2 nitrogen and oxygen atoms in total. The van der Waals surface area contributed by atoms with Crippen molar-refractivity contribution in [2.75, 3.05) is 5.06 Å². The zero-order chi connectivity index (χ0) is 13.0. The van der Waals surface area contributed by atoms with Crippen molar-refractivity contribution in [1.82, 2.24) is 0 Å². The molecule has 0 amide bonds. The molecule has 2 atom stereocenters. The zero-order valence-corrected chi connectivity index (χ0v) is 11.4. The van der Waals surface area contributed by atoms with E-state index in [9.17, 15) is 4.39 Å². The van der Waals surface area contributed by atoms with Crippen molar-refractivity contribution in [3.63, 3.8) is 0 Å². The first-order valence-corrected chi connectivity index (χ1v) is 7.33. The predicted molar refractivity (Wildman–Crippen MR) is 73.9 cm³/mol. The summed E-state index contributed by atoms with van der Waals surface area (Å²) in [5.41, 5.74) is 2.08. The van der Waals surface area contributed by atoms with Crippen LogP contribution in [0.2, 0.25) is 0 Å². The molecule has 19 heavy (non-hydrogen) atoms. The summed E-state index contributed by atoms with van der Waals surface area (Å²) in [7, 11) is 0. The van der Waals surface area contributed by atoms with E-state index in [1.165, 1.54) is 15.8 Å². The first-order chi connectivity index (χ1) is 9.20. The molecule has 3 heterocycles. The molecule has 2 bridgehead atoms. The first kappa shape index (κ1) is 11.4. The summed E-state index contributed by atoms with van der Waals surface area (Å²) in [6.07, 6.45) is 1.97. The molecule has 0 saturated carbocycles. The molecule has 2 aliphatic rings. The van der Waals surface area contributed by atoms with Crippen LogP contribution in [0.1, 0.15) is 27.8 Å². The Morgan fingerprint density at radius 2 is 2.21 bits per heavy atom. The molecular weight excluding hydrogens is 261 g/mol. The third kappa shape index (κ3) is 1.78. The fraction of sp³-hybridized carbons (Fsp3) is 0.333. The standard InChI is InChI=1S/C15H14FNOS/c1-9-2-5-15(19-9)14-8-12-7-10-6-11(16)3-4-13(10)17(14)18-12/h2-6,12,14H,7-8H2,1H3/t12-,14-/m0/s1. The molecule has 2 aromatic rings. The number of hydrogen-bond acceptors (Lipinski definition) is 3. The van der Waals surface area contributed by atoms with Gasteiger partial charge in [0, 0.05) is 22.6 Å². The Morgan fingerprint density at radius 3 is 3.00 bits per heavy atom. The van der Waals surface area contributed by atoms with Crippen LogP contribution >= 0.6 is 11.3 Å². The largest absolute Gasteiger partial charge is 0.269 e. The molecule has 0 radical (unpaired) electrons. The Balaban J connectivity index is 1.77. The van der Waals surface area contributed by atoms with Crippen LogP contribution in [0.25, 0.3) is 0 Å². The van der Waals surface area contributed by atoms with Gasteiger partial charge in [0.05, 0.1) is 17.8 Å². The number of anilines is 1. The van der Waals surface area contributed by atoms with Gasteiger partial charge in [-0.05, 0) is 42.8 Å². The Morgan fingerprint density at radius 1 is 1.32 bits per heavy atom. The summed E-state index contributed by atoms with van der Waals surface area (Å²) in [6, 6.07) is 9.58. The van der Waals surface area contributed by atoms with Crippen molar-refractivity contribution in [1.29, 1.82) is 0 Å². The van der Waals surface area contributed by atoms with E-state index >= 15 is 0 Å². The lowest BCUT2D eigenvalue weighted by Crippen LogP contribution is -2.27. The van der Waals surface area contributed by atoms with Crippen LogP contribution in [0.5, 0.6) is 0 Å². The van der Waals surface area contributed by atoms with Crippen molar-refractivity contribution in [2.24, 2.45) is 0 Å². The number of nitrogens with zero attached hydrogens (tertiary/aromatic N) is 1. The second-order valence-electron chi connectivity index (χ2n) is 5.23. The summed E-state index contributed by atoms with van der Waals surface area (Å²) >= 11 is 1.82. The number of fused-ring (bicyclic) bond motifs is 4. The summed E-state index contributed by atoms with van der Waals surface area (Å²) in [4.78, 5) is 8.60. The fourth-order valence-electron chi connectivity index (χ4n) is 3.01. The van der Waals surface area contributed by atoms with Gasteiger partial charge in [-0.1, -0.05) is 0 Å². The lowest BCUT2D eigenvalue weighted by molar-refractivity contribution is 0.0734. The van der Waals surface area contributed by atoms with Gasteiger partial charge in [0.1, 0.15) is 5.82 Å². The monoisotopic (exact) mass is 275 g/mol. The number of halogens is 1. The van der Waals surface area contributed by atoms with Crippen molar-refractivity contribution in [3.05, 3.63) is 51.5 Å². The Labute approximate surface area is 115 Å². The van der Waals surface area contributed by atoms with Crippen LogP contribution in [0, 0.1) is 12.7 Å². The average Bonchev–Trinajstić information content (AvgIpc) is 2.94. The quantitative estimate of drug-likeness (QED) is 0.780. The SMILES string of the molecule is Cc1ccc([C@@H]2C[C@@H]3Cc4cc(F)ccc4N2O3)s1. The zero-order valence-electron chi connectivity index (χ0n) is 10.6. The molecule has 4 heteroatoms. The van der Waals surface area contributed by atoms with Crippen LogP contribution in [0.4, 0.5) is 10.1 Å². The van der Waals surface area contributed by atoms with Crippen LogP contribution < -0.4 is 5.06 Å². The highest BCUT2D eigenvalue weighted by Gasteiger charge is 2.40. The van der Waals surface area contributed by atoms with Crippen LogP contribution in [-0.2, 0) is 11.3 Å². The third-order valence-electron chi connectivity index (χ3n) is 3.85. The summed E-state index contributed by atoms with van der Waals surface area (Å²) < 4.78 is 13.3. The minimum atomic E-state index is -0.162. The number of hydroxylamine groups is 1. The van der Waals surface area contributed by atoms with E-state index in [0.29, 0.717) is 0 Å². The van der Waals surface area contributed by atoms with E-state index in [0.717, 1.165) is 24.1 Å². The van der Waals surface area contributed by atoms with E-state index in [1.54, 1.807) is 6.07 Å². The molecule has 1 aromatic carbocycles. The van der Waals surface area contributed by atoms with E-state index in [4.69, 9.17) is 4.84 Å². The normalized spacial score (nSPS) is 24.6. The Kier molecular flexibility index (Phi) is 2.44. The average molecular weight is 275 g/mol. The molecule has 2 aliphatic heterocycles. The van der Waals surface area contributed by atoms with E-state index in [2.05, 4.69) is 19.1 Å². The highest BCUT2D eigenvalue weighted by molar-refractivity contribution is 7.12. The van der Waals surface area contributed by atoms with Gasteiger partial charge in [-0.2, -0.15) is 0 Å². The number of rotatable bonds is 1. The molecule has 0 unspecified atom stereocenters. The maximum atomic E-state index is 13.3. The molecule has 4 rings (SSSR count). The van der Waals surface area contributed by atoms with E-state index < -0.39 is 0 Å². The van der Waals surface area contributed by atoms with E-state index in [1.807, 2.05) is 22.5 Å². The molecule has 1 aromatic heterocycles. The molecular formula is C15H14FNOS. The van der Waals surface area contributed by atoms with Gasteiger partial charge in [-0.15, -0.1) is 11.3 Å². The number of thiophene rings is 1. The number of hydrogen-bond donors (Lipinski definition) is 0. The molecule has 0 spiro atoms. The van der Waals surface area contributed by atoms with Crippen molar-refractivity contribution < 1.29 is 9.23 Å². The molecule has 1 saturated heterocycles. The smallest absolute Gasteiger partial charge is 0.123 e. The topological polar surface area (TPSA) is 12.5 Å². The highest BCUT2D eigenvalue weighted by atomic mass is 32.1. The van der Waals surface area contributed by atoms with Crippen LogP contribution in [0.15, 0.2) is 30.3 Å². The van der Waals surface area contributed by atoms with Gasteiger partial charge in [-0.3, -0.25) is 4.84 Å². The molecule has 98 valence electrons. The van der Waals surface area contributed by atoms with Gasteiger partial charge in [0.2, 0.25) is 0 Å². The van der Waals surface area contributed by atoms with Crippen LogP contribution in [-0.4, -0.2) is 6.10 Å². The Bertz CT molecular complexity index is 639. The second kappa shape index (κ2) is 4.05. The third-order valence-corrected chi connectivity index (χ3v) is 4.95. The highest BCUT2D eigenvalue weighted by Crippen LogP contribution is 2.46. The first-order valence-electron chi connectivity index (χ1n) is 6.51. The molecule has 1 fully saturated rings. The summed E-state index contributed by atoms with van der Waals surface area (Å²) in [6.45, 7) is 2.12. The lowest BCUT2D eigenvalue weighted by Gasteiger charge is -2.29. The van der Waals surface area contributed by atoms with Gasteiger partial charge in [0.15, 0.2) is 0 Å². The van der Waals surface area contributed by atoms with Gasteiger partial charge in [0.25, 0.3) is 0 Å². The number of aryl methyl sites for hydroxylation is 1. The molecule has 0 N–H and O–H groups in total. The minimum Gasteiger partial charge on any atom is -0.269 e. The van der Waals surface area contributed by atoms with Crippen LogP contribution in [0.3, 0.4) is 0 Å². The van der Waals surface area contributed by atoms with Gasteiger partial charge in [-0.25, -0.2) is 9.45 Å². The predicted octanol–water partition coefficient (Wildman–Crippen LogP) is 4.00. The lowest BCUT2D eigenvalue weighted by atomic mass is 10.0. The fourth-order valence-corrected chi connectivity index (χ4v) is 3.98. The van der Waals surface area contributed by atoms with Crippen molar-refractivity contribution in [2.45, 2.75) is 31.9 Å². The van der Waals surface area contributed by atoms with Crippen molar-refractivity contribution in [3.8, 4) is 0 Å². The number of benzene rings is 1. The molecule has 0 aliphatic carbocycles. The maximum Gasteiger partial charge on any atom is 0.123 e. The van der Waals surface area contributed by atoms with E-state index in [-0.39, 0.29) is 18.0 Å². The van der Waals surface area contributed by atoms with Gasteiger partial charge >= 0.3 is 0 Å².